The molecule has 1 aliphatic rings. The fourth-order valence-electron chi connectivity index (χ4n) is 2.56. The number of rotatable bonds is 4. The molecule has 2 aromatic rings. The summed E-state index contributed by atoms with van der Waals surface area (Å²) in [6.45, 7) is 2.13. The largest absolute Gasteiger partial charge is 0.378 e. The minimum atomic E-state index is -0.477. The Labute approximate surface area is 109 Å². The molecule has 0 aliphatic heterocycles. The fourth-order valence-corrected chi connectivity index (χ4v) is 2.56. The number of non-ortho nitro benzene ring substituents is 1. The Morgan fingerprint density at radius 2 is 2.16 bits per heavy atom. The van der Waals surface area contributed by atoms with Crippen molar-refractivity contribution in [2.75, 3.05) is 5.32 Å². The van der Waals surface area contributed by atoms with Crippen molar-refractivity contribution in [1.29, 1.82) is 0 Å². The fraction of sp³-hybridized carbons (Fsp3) is 0.500. The van der Waals surface area contributed by atoms with Crippen LogP contribution in [0.15, 0.2) is 16.8 Å². The van der Waals surface area contributed by atoms with Gasteiger partial charge in [0.2, 0.25) is 5.52 Å². The van der Waals surface area contributed by atoms with Gasteiger partial charge in [-0.05, 0) is 42.1 Å². The highest BCUT2D eigenvalue weighted by Crippen LogP contribution is 2.40. The van der Waals surface area contributed by atoms with Crippen molar-refractivity contribution in [2.45, 2.75) is 38.1 Å². The standard InChI is InChI=1S/C12H14N4O3/c1-2-12(6-3-7-12)13-8-4-5-9(16(17)18)11-10(8)14-19-15-11/h4-5,13H,2-3,6-7H2,1H3. The first kappa shape index (κ1) is 11.9. The second-order valence-electron chi connectivity index (χ2n) is 4.96. The van der Waals surface area contributed by atoms with E-state index in [4.69, 9.17) is 0 Å². The van der Waals surface area contributed by atoms with Gasteiger partial charge in [-0.2, -0.15) is 0 Å². The van der Waals surface area contributed by atoms with Crippen molar-refractivity contribution >= 4 is 22.4 Å². The molecule has 3 rings (SSSR count). The van der Waals surface area contributed by atoms with E-state index in [1.165, 1.54) is 12.5 Å². The summed E-state index contributed by atoms with van der Waals surface area (Å²) < 4.78 is 4.65. The molecule has 1 aromatic heterocycles. The van der Waals surface area contributed by atoms with Gasteiger partial charge in [0, 0.05) is 11.6 Å². The molecule has 1 heterocycles. The molecule has 0 amide bonds. The Morgan fingerprint density at radius 1 is 1.42 bits per heavy atom. The first-order valence-corrected chi connectivity index (χ1v) is 6.33. The van der Waals surface area contributed by atoms with Gasteiger partial charge < -0.3 is 5.32 Å². The van der Waals surface area contributed by atoms with E-state index < -0.39 is 4.92 Å². The molecule has 100 valence electrons. The first-order valence-electron chi connectivity index (χ1n) is 6.33. The van der Waals surface area contributed by atoms with Crippen LogP contribution in [0, 0.1) is 10.1 Å². The Hall–Kier alpha value is -2.18. The van der Waals surface area contributed by atoms with E-state index >= 15 is 0 Å². The van der Waals surface area contributed by atoms with E-state index in [0.29, 0.717) is 5.52 Å². The van der Waals surface area contributed by atoms with Gasteiger partial charge in [-0.15, -0.1) is 0 Å². The quantitative estimate of drug-likeness (QED) is 0.672. The Morgan fingerprint density at radius 3 is 2.74 bits per heavy atom. The van der Waals surface area contributed by atoms with Crippen LogP contribution in [0.4, 0.5) is 11.4 Å². The molecule has 0 spiro atoms. The second-order valence-corrected chi connectivity index (χ2v) is 4.96. The summed E-state index contributed by atoms with van der Waals surface area (Å²) in [6.07, 6.45) is 4.42. The predicted molar refractivity (Wildman–Crippen MR) is 69.0 cm³/mol. The van der Waals surface area contributed by atoms with Crippen LogP contribution in [0.3, 0.4) is 0 Å². The topological polar surface area (TPSA) is 94.1 Å². The van der Waals surface area contributed by atoms with E-state index in [2.05, 4.69) is 27.2 Å². The third-order valence-corrected chi connectivity index (χ3v) is 3.98. The number of aromatic nitrogens is 2. The number of anilines is 1. The summed E-state index contributed by atoms with van der Waals surface area (Å²) in [7, 11) is 0. The minimum absolute atomic E-state index is 0.0824. The molecule has 7 heteroatoms. The molecular weight excluding hydrogens is 248 g/mol. The van der Waals surface area contributed by atoms with Crippen molar-refractivity contribution in [3.05, 3.63) is 22.2 Å². The van der Waals surface area contributed by atoms with Crippen molar-refractivity contribution in [3.8, 4) is 0 Å². The first-order chi connectivity index (χ1) is 9.15. The van der Waals surface area contributed by atoms with E-state index in [1.807, 2.05) is 0 Å². The maximum atomic E-state index is 10.9. The summed E-state index contributed by atoms with van der Waals surface area (Å²) in [5.41, 5.74) is 1.38. The molecule has 1 aliphatic carbocycles. The maximum Gasteiger partial charge on any atom is 0.300 e. The third-order valence-electron chi connectivity index (χ3n) is 3.98. The smallest absolute Gasteiger partial charge is 0.300 e. The number of benzene rings is 1. The number of nitro groups is 1. The van der Waals surface area contributed by atoms with Gasteiger partial charge in [0.25, 0.3) is 0 Å². The highest BCUT2D eigenvalue weighted by molar-refractivity contribution is 5.93. The van der Waals surface area contributed by atoms with Crippen LogP contribution in [-0.2, 0) is 0 Å². The molecule has 0 saturated heterocycles. The summed E-state index contributed by atoms with van der Waals surface area (Å²) in [5, 5.41) is 21.8. The number of hydrogen-bond acceptors (Lipinski definition) is 6. The molecule has 0 atom stereocenters. The van der Waals surface area contributed by atoms with E-state index in [9.17, 15) is 10.1 Å². The molecular formula is C12H14N4O3. The van der Waals surface area contributed by atoms with Gasteiger partial charge in [-0.1, -0.05) is 6.92 Å². The van der Waals surface area contributed by atoms with Crippen molar-refractivity contribution in [1.82, 2.24) is 10.3 Å². The van der Waals surface area contributed by atoms with Crippen LogP contribution < -0.4 is 5.32 Å². The molecule has 0 bridgehead atoms. The lowest BCUT2D eigenvalue weighted by Gasteiger charge is -2.42. The van der Waals surface area contributed by atoms with E-state index in [0.717, 1.165) is 24.9 Å². The second kappa shape index (κ2) is 4.18. The van der Waals surface area contributed by atoms with Gasteiger partial charge in [0.1, 0.15) is 0 Å². The maximum absolute atomic E-state index is 10.9. The number of nitro benzene ring substituents is 1. The lowest BCUT2D eigenvalue weighted by atomic mass is 9.74. The molecule has 1 fully saturated rings. The zero-order chi connectivity index (χ0) is 13.5. The van der Waals surface area contributed by atoms with Crippen LogP contribution in [-0.4, -0.2) is 20.8 Å². The van der Waals surface area contributed by atoms with Gasteiger partial charge in [-0.25, -0.2) is 4.63 Å². The van der Waals surface area contributed by atoms with Gasteiger partial charge >= 0.3 is 5.69 Å². The molecule has 19 heavy (non-hydrogen) atoms. The van der Waals surface area contributed by atoms with Crippen molar-refractivity contribution < 1.29 is 9.55 Å². The Balaban J connectivity index is 2.03. The zero-order valence-corrected chi connectivity index (χ0v) is 10.5. The van der Waals surface area contributed by atoms with Crippen LogP contribution in [0.25, 0.3) is 11.0 Å². The van der Waals surface area contributed by atoms with Crippen LogP contribution in [0.5, 0.6) is 0 Å². The molecule has 0 unspecified atom stereocenters. The molecule has 1 saturated carbocycles. The number of hydrogen-bond donors (Lipinski definition) is 1. The van der Waals surface area contributed by atoms with E-state index in [-0.39, 0.29) is 16.7 Å². The highest BCUT2D eigenvalue weighted by atomic mass is 16.6. The molecule has 1 aromatic carbocycles. The van der Waals surface area contributed by atoms with Crippen LogP contribution in [0.2, 0.25) is 0 Å². The SMILES string of the molecule is CCC1(Nc2ccc([N+](=O)[O-])c3nonc23)CCC1. The monoisotopic (exact) mass is 262 g/mol. The van der Waals surface area contributed by atoms with Crippen molar-refractivity contribution in [2.24, 2.45) is 0 Å². The van der Waals surface area contributed by atoms with Crippen LogP contribution >= 0.6 is 0 Å². The van der Waals surface area contributed by atoms with Crippen LogP contribution in [0.1, 0.15) is 32.6 Å². The minimum Gasteiger partial charge on any atom is -0.378 e. The average Bonchev–Trinajstić information content (AvgIpc) is 2.82. The average molecular weight is 262 g/mol. The van der Waals surface area contributed by atoms with Gasteiger partial charge in [0.15, 0.2) is 5.52 Å². The zero-order valence-electron chi connectivity index (χ0n) is 10.5. The molecule has 1 N–H and O–H groups in total. The third kappa shape index (κ3) is 1.81. The Kier molecular flexibility index (Phi) is 2.62. The summed E-state index contributed by atoms with van der Waals surface area (Å²) in [6, 6.07) is 3.12. The lowest BCUT2D eigenvalue weighted by Crippen LogP contribution is -2.44. The van der Waals surface area contributed by atoms with E-state index in [1.54, 1.807) is 6.07 Å². The summed E-state index contributed by atoms with van der Waals surface area (Å²) in [4.78, 5) is 10.4. The predicted octanol–water partition coefficient (Wildman–Crippen LogP) is 2.88. The summed E-state index contributed by atoms with van der Waals surface area (Å²) in [5.74, 6) is 0. The highest BCUT2D eigenvalue weighted by Gasteiger charge is 2.36. The number of fused-ring (bicyclic) bond motifs is 1. The number of nitrogens with one attached hydrogen (secondary N) is 1. The lowest BCUT2D eigenvalue weighted by molar-refractivity contribution is -0.383. The van der Waals surface area contributed by atoms with Crippen molar-refractivity contribution in [3.63, 3.8) is 0 Å². The summed E-state index contributed by atoms with van der Waals surface area (Å²) >= 11 is 0. The van der Waals surface area contributed by atoms with Gasteiger partial charge in [-0.3, -0.25) is 10.1 Å². The van der Waals surface area contributed by atoms with Gasteiger partial charge in [0.05, 0.1) is 10.6 Å². The normalized spacial score (nSPS) is 17.1. The molecule has 7 nitrogen and oxygen atoms in total. The number of nitrogens with zero attached hydrogens (tertiary/aromatic N) is 3. The molecule has 0 radical (unpaired) electrons. The Bertz CT molecular complexity index is 627.